The summed E-state index contributed by atoms with van der Waals surface area (Å²) in [6, 6.07) is 0. The first-order chi connectivity index (χ1) is 15.2. The highest BCUT2D eigenvalue weighted by Crippen LogP contribution is 2.67. The van der Waals surface area contributed by atoms with Crippen LogP contribution in [0.15, 0.2) is 11.6 Å². The molecule has 182 valence electrons. The van der Waals surface area contributed by atoms with Gasteiger partial charge in [-0.2, -0.15) is 0 Å². The zero-order valence-corrected chi connectivity index (χ0v) is 21.4. The van der Waals surface area contributed by atoms with Crippen LogP contribution in [0.3, 0.4) is 0 Å². The normalized spacial score (nSPS) is 42.8. The van der Waals surface area contributed by atoms with Crippen molar-refractivity contribution in [2.24, 2.45) is 46.3 Å². The molecule has 0 radical (unpaired) electrons. The SMILES string of the molecule is CCC(C)CCC[C@@H](C)[C@H]1CC[C@H]2[C@@H]3CC=C4C[C@@H](OC(=O)O)CC[C@]4(C)[C@H]3CC[C@]12C. The molecule has 0 aromatic rings. The molecule has 0 heterocycles. The number of allylic oxidation sites excluding steroid dienone is 1. The minimum atomic E-state index is -1.11. The number of rotatable bonds is 7. The molecule has 4 rings (SSSR count). The fourth-order valence-corrected chi connectivity index (χ4v) is 9.04. The highest BCUT2D eigenvalue weighted by atomic mass is 16.7. The number of hydrogen-bond donors (Lipinski definition) is 1. The summed E-state index contributed by atoms with van der Waals surface area (Å²) in [6.07, 6.45) is 16.5. The third-order valence-electron chi connectivity index (χ3n) is 11.1. The lowest BCUT2D eigenvalue weighted by atomic mass is 9.47. The van der Waals surface area contributed by atoms with Crippen LogP contribution in [0, 0.1) is 46.3 Å². The van der Waals surface area contributed by atoms with Gasteiger partial charge in [0.15, 0.2) is 0 Å². The van der Waals surface area contributed by atoms with Crippen LogP contribution < -0.4 is 0 Å². The summed E-state index contributed by atoms with van der Waals surface area (Å²) in [7, 11) is 0. The van der Waals surface area contributed by atoms with Gasteiger partial charge in [0.25, 0.3) is 0 Å². The zero-order chi connectivity index (χ0) is 23.1. The number of carboxylic acid groups (broad SMARTS) is 1. The first kappa shape index (κ1) is 24.1. The lowest BCUT2D eigenvalue weighted by molar-refractivity contribution is -0.0601. The molecule has 9 atom stereocenters. The van der Waals surface area contributed by atoms with Gasteiger partial charge < -0.3 is 9.84 Å². The Morgan fingerprint density at radius 1 is 1.12 bits per heavy atom. The monoisotopic (exact) mass is 444 g/mol. The van der Waals surface area contributed by atoms with Gasteiger partial charge >= 0.3 is 6.16 Å². The Bertz CT molecular complexity index is 713. The van der Waals surface area contributed by atoms with E-state index >= 15 is 0 Å². The van der Waals surface area contributed by atoms with Crippen LogP contribution in [-0.2, 0) is 4.74 Å². The predicted molar refractivity (Wildman–Crippen MR) is 131 cm³/mol. The Labute approximate surface area is 196 Å². The number of ether oxygens (including phenoxy) is 1. The quantitative estimate of drug-likeness (QED) is 0.316. The highest BCUT2D eigenvalue weighted by molar-refractivity contribution is 5.57. The first-order valence-electron chi connectivity index (χ1n) is 13.8. The van der Waals surface area contributed by atoms with E-state index in [4.69, 9.17) is 9.84 Å². The van der Waals surface area contributed by atoms with Gasteiger partial charge in [0.1, 0.15) is 6.10 Å². The second-order valence-corrected chi connectivity index (χ2v) is 12.7. The Kier molecular flexibility index (Phi) is 7.04. The molecule has 1 N–H and O–H groups in total. The summed E-state index contributed by atoms with van der Waals surface area (Å²) in [5.74, 6) is 5.14. The van der Waals surface area contributed by atoms with E-state index < -0.39 is 6.16 Å². The number of hydrogen-bond acceptors (Lipinski definition) is 2. The Morgan fingerprint density at radius 3 is 2.62 bits per heavy atom. The van der Waals surface area contributed by atoms with Crippen LogP contribution in [0.2, 0.25) is 0 Å². The van der Waals surface area contributed by atoms with Crippen molar-refractivity contribution >= 4 is 6.16 Å². The molecule has 0 spiro atoms. The van der Waals surface area contributed by atoms with Crippen LogP contribution >= 0.6 is 0 Å². The topological polar surface area (TPSA) is 46.5 Å². The zero-order valence-electron chi connectivity index (χ0n) is 21.4. The third-order valence-corrected chi connectivity index (χ3v) is 11.1. The third kappa shape index (κ3) is 4.27. The molecule has 4 aliphatic carbocycles. The van der Waals surface area contributed by atoms with Crippen molar-refractivity contribution in [1.82, 2.24) is 0 Å². The van der Waals surface area contributed by atoms with Gasteiger partial charge in [0.05, 0.1) is 0 Å². The molecule has 32 heavy (non-hydrogen) atoms. The van der Waals surface area contributed by atoms with Crippen LogP contribution in [-0.4, -0.2) is 17.4 Å². The summed E-state index contributed by atoms with van der Waals surface area (Å²) in [6.45, 7) is 12.5. The smallest absolute Gasteiger partial charge is 0.450 e. The second kappa shape index (κ2) is 9.34. The van der Waals surface area contributed by atoms with Crippen molar-refractivity contribution in [3.63, 3.8) is 0 Å². The summed E-state index contributed by atoms with van der Waals surface area (Å²) in [5, 5.41) is 9.07. The van der Waals surface area contributed by atoms with E-state index in [2.05, 4.69) is 40.7 Å². The molecule has 0 aromatic heterocycles. The molecule has 0 aliphatic heterocycles. The maximum atomic E-state index is 11.1. The van der Waals surface area contributed by atoms with E-state index in [0.717, 1.165) is 54.8 Å². The van der Waals surface area contributed by atoms with E-state index in [0.29, 0.717) is 5.41 Å². The standard InChI is InChI=1S/C29H48O3/c1-6-19(2)8-7-9-20(3)24-12-13-25-23-11-10-21-18-22(32-27(30)31)14-16-28(21,4)26(23)15-17-29(24,25)5/h10,19-20,22-26H,6-9,11-18H2,1-5H3,(H,30,31)/t19?,20-,22+,23+,24-,25+,26+,28+,29-/m1/s1. The minimum absolute atomic E-state index is 0.135. The van der Waals surface area contributed by atoms with Gasteiger partial charge in [-0.05, 0) is 91.3 Å². The van der Waals surface area contributed by atoms with Crippen molar-refractivity contribution < 1.29 is 14.6 Å². The maximum Gasteiger partial charge on any atom is 0.506 e. The Balaban J connectivity index is 1.44. The molecule has 0 aromatic carbocycles. The Morgan fingerprint density at radius 2 is 1.91 bits per heavy atom. The Hall–Kier alpha value is -0.990. The average Bonchev–Trinajstić information content (AvgIpc) is 3.10. The van der Waals surface area contributed by atoms with Crippen LogP contribution in [0.5, 0.6) is 0 Å². The maximum absolute atomic E-state index is 11.1. The van der Waals surface area contributed by atoms with Gasteiger partial charge in [-0.25, -0.2) is 4.79 Å². The van der Waals surface area contributed by atoms with E-state index in [1.807, 2.05) is 0 Å². The largest absolute Gasteiger partial charge is 0.506 e. The van der Waals surface area contributed by atoms with Crippen molar-refractivity contribution in [3.05, 3.63) is 11.6 Å². The molecule has 3 nitrogen and oxygen atoms in total. The molecule has 3 saturated carbocycles. The number of carbonyl (C=O) groups is 1. The van der Waals surface area contributed by atoms with Crippen LogP contribution in [0.1, 0.15) is 112 Å². The summed E-state index contributed by atoms with van der Waals surface area (Å²) in [5.41, 5.74) is 2.30. The fourth-order valence-electron chi connectivity index (χ4n) is 9.04. The minimum Gasteiger partial charge on any atom is -0.450 e. The highest BCUT2D eigenvalue weighted by Gasteiger charge is 2.59. The molecular weight excluding hydrogens is 396 g/mol. The molecule has 0 amide bonds. The van der Waals surface area contributed by atoms with Gasteiger partial charge in [0.2, 0.25) is 0 Å². The van der Waals surface area contributed by atoms with E-state index in [1.165, 1.54) is 63.4 Å². The van der Waals surface area contributed by atoms with Gasteiger partial charge in [-0.1, -0.05) is 72.0 Å². The summed E-state index contributed by atoms with van der Waals surface area (Å²) < 4.78 is 5.18. The molecule has 4 aliphatic rings. The lowest BCUT2D eigenvalue weighted by Gasteiger charge is -2.58. The summed E-state index contributed by atoms with van der Waals surface area (Å²) in [4.78, 5) is 11.1. The van der Waals surface area contributed by atoms with Crippen molar-refractivity contribution in [1.29, 1.82) is 0 Å². The molecule has 3 fully saturated rings. The average molecular weight is 445 g/mol. The number of fused-ring (bicyclic) bond motifs is 5. The fraction of sp³-hybridized carbons (Fsp3) is 0.897. The molecule has 1 unspecified atom stereocenters. The van der Waals surface area contributed by atoms with E-state index in [1.54, 1.807) is 0 Å². The van der Waals surface area contributed by atoms with Crippen molar-refractivity contribution in [3.8, 4) is 0 Å². The predicted octanol–water partition coefficient (Wildman–Crippen LogP) is 8.48. The van der Waals surface area contributed by atoms with E-state index in [9.17, 15) is 4.79 Å². The van der Waals surface area contributed by atoms with Gasteiger partial charge in [-0.3, -0.25) is 0 Å². The molecular formula is C29H48O3. The lowest BCUT2D eigenvalue weighted by Crippen LogP contribution is -2.51. The summed E-state index contributed by atoms with van der Waals surface area (Å²) >= 11 is 0. The van der Waals surface area contributed by atoms with Crippen LogP contribution in [0.25, 0.3) is 0 Å². The van der Waals surface area contributed by atoms with Crippen molar-refractivity contribution in [2.45, 2.75) is 118 Å². The van der Waals surface area contributed by atoms with E-state index in [-0.39, 0.29) is 11.5 Å². The van der Waals surface area contributed by atoms with Gasteiger partial charge in [0, 0.05) is 6.42 Å². The molecule has 0 saturated heterocycles. The second-order valence-electron chi connectivity index (χ2n) is 12.7. The molecule has 3 heteroatoms. The van der Waals surface area contributed by atoms with Crippen LogP contribution in [0.4, 0.5) is 4.79 Å². The molecule has 0 bridgehead atoms. The van der Waals surface area contributed by atoms with Crippen molar-refractivity contribution in [2.75, 3.05) is 0 Å². The van der Waals surface area contributed by atoms with Gasteiger partial charge in [-0.15, -0.1) is 0 Å². The first-order valence-corrected chi connectivity index (χ1v) is 13.8.